The van der Waals surface area contributed by atoms with E-state index in [4.69, 9.17) is 15.9 Å². The highest BCUT2D eigenvalue weighted by molar-refractivity contribution is 9.10. The van der Waals surface area contributed by atoms with Crippen molar-refractivity contribution < 1.29 is 9.13 Å². The molecule has 0 atom stereocenters. The summed E-state index contributed by atoms with van der Waals surface area (Å²) >= 11 is 3.11. The third-order valence-corrected chi connectivity index (χ3v) is 1.97. The Morgan fingerprint density at radius 2 is 2.23 bits per heavy atom. The van der Waals surface area contributed by atoms with E-state index < -0.39 is 5.82 Å². The monoisotopic (exact) mass is 246 g/mol. The summed E-state index contributed by atoms with van der Waals surface area (Å²) in [6.45, 7) is 0. The largest absolute Gasteiger partial charge is 0.496 e. The van der Waals surface area contributed by atoms with Crippen molar-refractivity contribution in [3.05, 3.63) is 28.0 Å². The molecule has 0 saturated heterocycles. The van der Waals surface area contributed by atoms with Crippen molar-refractivity contribution in [1.82, 2.24) is 0 Å². The van der Waals surface area contributed by atoms with Crippen LogP contribution in [0.2, 0.25) is 0 Å². The SMILES string of the molecule is COc1cc(Br)cc(F)c1C(=N)N. The van der Waals surface area contributed by atoms with E-state index >= 15 is 0 Å². The third-order valence-electron chi connectivity index (χ3n) is 1.51. The number of nitrogens with two attached hydrogens (primary N) is 1. The summed E-state index contributed by atoms with van der Waals surface area (Å²) in [4.78, 5) is 0. The van der Waals surface area contributed by atoms with Crippen molar-refractivity contribution in [1.29, 1.82) is 5.41 Å². The lowest BCUT2D eigenvalue weighted by molar-refractivity contribution is 0.409. The van der Waals surface area contributed by atoms with Crippen LogP contribution in [-0.2, 0) is 0 Å². The molecule has 0 amide bonds. The van der Waals surface area contributed by atoms with E-state index in [1.807, 2.05) is 0 Å². The van der Waals surface area contributed by atoms with Crippen LogP contribution in [0.15, 0.2) is 16.6 Å². The molecule has 0 heterocycles. The minimum absolute atomic E-state index is 0.00861. The fourth-order valence-electron chi connectivity index (χ4n) is 0.972. The molecule has 5 heteroatoms. The highest BCUT2D eigenvalue weighted by Gasteiger charge is 2.13. The van der Waals surface area contributed by atoms with Gasteiger partial charge in [0.15, 0.2) is 0 Å². The second kappa shape index (κ2) is 3.74. The van der Waals surface area contributed by atoms with Crippen molar-refractivity contribution in [3.8, 4) is 5.75 Å². The van der Waals surface area contributed by atoms with E-state index in [9.17, 15) is 4.39 Å². The maximum absolute atomic E-state index is 13.2. The standard InChI is InChI=1S/C8H8BrFN2O/c1-13-6-3-4(9)2-5(10)7(6)8(11)12/h2-3H,1H3,(H3,11,12). The van der Waals surface area contributed by atoms with E-state index in [1.165, 1.54) is 13.2 Å². The van der Waals surface area contributed by atoms with Crippen LogP contribution in [0.5, 0.6) is 5.75 Å². The van der Waals surface area contributed by atoms with Gasteiger partial charge in [-0.25, -0.2) is 4.39 Å². The zero-order chi connectivity index (χ0) is 10.0. The lowest BCUT2D eigenvalue weighted by Gasteiger charge is -2.08. The zero-order valence-corrected chi connectivity index (χ0v) is 8.48. The number of rotatable bonds is 2. The number of hydrogen-bond acceptors (Lipinski definition) is 2. The predicted molar refractivity (Wildman–Crippen MR) is 51.7 cm³/mol. The Morgan fingerprint density at radius 3 is 2.69 bits per heavy atom. The van der Waals surface area contributed by atoms with Crippen LogP contribution in [0.4, 0.5) is 4.39 Å². The van der Waals surface area contributed by atoms with Gasteiger partial charge in [-0.1, -0.05) is 15.9 Å². The maximum Gasteiger partial charge on any atom is 0.138 e. The average Bonchev–Trinajstić information content (AvgIpc) is 2.01. The summed E-state index contributed by atoms with van der Waals surface area (Å²) in [5.41, 5.74) is 5.18. The maximum atomic E-state index is 13.2. The van der Waals surface area contributed by atoms with Gasteiger partial charge < -0.3 is 10.5 Å². The molecule has 0 aromatic heterocycles. The number of benzene rings is 1. The van der Waals surface area contributed by atoms with Gasteiger partial charge in [-0.2, -0.15) is 0 Å². The Labute approximate surface area is 83.3 Å². The van der Waals surface area contributed by atoms with Crippen molar-refractivity contribution in [2.45, 2.75) is 0 Å². The van der Waals surface area contributed by atoms with E-state index in [1.54, 1.807) is 6.07 Å². The van der Waals surface area contributed by atoms with Crippen molar-refractivity contribution >= 4 is 21.8 Å². The fourth-order valence-corrected chi connectivity index (χ4v) is 1.38. The van der Waals surface area contributed by atoms with Gasteiger partial charge in [0.2, 0.25) is 0 Å². The molecule has 70 valence electrons. The van der Waals surface area contributed by atoms with Gasteiger partial charge in [-0.05, 0) is 12.1 Å². The zero-order valence-electron chi connectivity index (χ0n) is 6.90. The normalized spacial score (nSPS) is 9.77. The van der Waals surface area contributed by atoms with E-state index in [0.29, 0.717) is 4.47 Å². The molecule has 0 aliphatic rings. The smallest absolute Gasteiger partial charge is 0.138 e. The molecule has 0 radical (unpaired) electrons. The number of amidine groups is 1. The highest BCUT2D eigenvalue weighted by Crippen LogP contribution is 2.25. The van der Waals surface area contributed by atoms with Crippen LogP contribution in [0.25, 0.3) is 0 Å². The summed E-state index contributed by atoms with van der Waals surface area (Å²) < 4.78 is 18.6. The highest BCUT2D eigenvalue weighted by atomic mass is 79.9. The van der Waals surface area contributed by atoms with E-state index in [-0.39, 0.29) is 17.1 Å². The first-order valence-corrected chi connectivity index (χ1v) is 4.23. The van der Waals surface area contributed by atoms with Gasteiger partial charge in [-0.3, -0.25) is 5.41 Å². The third kappa shape index (κ3) is 1.98. The lowest BCUT2D eigenvalue weighted by Crippen LogP contribution is -2.14. The van der Waals surface area contributed by atoms with Crippen LogP contribution in [0, 0.1) is 11.2 Å². The summed E-state index contributed by atoms with van der Waals surface area (Å²) in [7, 11) is 1.40. The molecule has 0 unspecified atom stereocenters. The predicted octanol–water partition coefficient (Wildman–Crippen LogP) is 1.88. The molecule has 3 N–H and O–H groups in total. The number of halogens is 2. The Balaban J connectivity index is 3.38. The topological polar surface area (TPSA) is 59.1 Å². The molecule has 1 aromatic rings. The molecule has 0 saturated carbocycles. The summed E-state index contributed by atoms with van der Waals surface area (Å²) in [5, 5.41) is 7.13. The van der Waals surface area contributed by atoms with Crippen LogP contribution in [0.1, 0.15) is 5.56 Å². The number of ether oxygens (including phenoxy) is 1. The molecular formula is C8H8BrFN2O. The second-order valence-electron chi connectivity index (χ2n) is 2.38. The quantitative estimate of drug-likeness (QED) is 0.619. The molecule has 1 rings (SSSR count). The molecule has 0 bridgehead atoms. The lowest BCUT2D eigenvalue weighted by atomic mass is 10.1. The first kappa shape index (κ1) is 9.98. The van der Waals surface area contributed by atoms with Crippen molar-refractivity contribution in [2.24, 2.45) is 5.73 Å². The van der Waals surface area contributed by atoms with E-state index in [0.717, 1.165) is 0 Å². The van der Waals surface area contributed by atoms with Gasteiger partial charge in [0.25, 0.3) is 0 Å². The van der Waals surface area contributed by atoms with E-state index in [2.05, 4.69) is 15.9 Å². The summed E-state index contributed by atoms with van der Waals surface area (Å²) in [6.07, 6.45) is 0. The van der Waals surface area contributed by atoms with Crippen LogP contribution < -0.4 is 10.5 Å². The number of methoxy groups -OCH3 is 1. The molecule has 0 spiro atoms. The molecule has 0 aliphatic carbocycles. The van der Waals surface area contributed by atoms with Gasteiger partial charge >= 0.3 is 0 Å². The second-order valence-corrected chi connectivity index (χ2v) is 3.29. The first-order valence-electron chi connectivity index (χ1n) is 3.43. The van der Waals surface area contributed by atoms with Gasteiger partial charge in [0.1, 0.15) is 17.4 Å². The number of nitrogen functional groups attached to an aromatic ring is 1. The number of nitrogens with one attached hydrogen (secondary N) is 1. The molecule has 1 aromatic carbocycles. The molecule has 0 fully saturated rings. The van der Waals surface area contributed by atoms with Crippen molar-refractivity contribution in [3.63, 3.8) is 0 Å². The Morgan fingerprint density at radius 1 is 1.62 bits per heavy atom. The van der Waals surface area contributed by atoms with Crippen molar-refractivity contribution in [2.75, 3.05) is 7.11 Å². The average molecular weight is 247 g/mol. The van der Waals surface area contributed by atoms with Crippen LogP contribution >= 0.6 is 15.9 Å². The minimum Gasteiger partial charge on any atom is -0.496 e. The van der Waals surface area contributed by atoms with Gasteiger partial charge in [-0.15, -0.1) is 0 Å². The molecule has 3 nitrogen and oxygen atoms in total. The minimum atomic E-state index is -0.571. The number of hydrogen-bond donors (Lipinski definition) is 2. The van der Waals surface area contributed by atoms with Gasteiger partial charge in [0, 0.05) is 4.47 Å². The van der Waals surface area contributed by atoms with Crippen LogP contribution in [0.3, 0.4) is 0 Å². The Hall–Kier alpha value is -1.10. The first-order chi connectivity index (χ1) is 6.06. The van der Waals surface area contributed by atoms with Crippen LogP contribution in [-0.4, -0.2) is 12.9 Å². The fraction of sp³-hybridized carbons (Fsp3) is 0.125. The summed E-state index contributed by atoms with van der Waals surface area (Å²) in [5.74, 6) is -0.667. The Bertz CT molecular complexity index is 354. The summed E-state index contributed by atoms with van der Waals surface area (Å²) in [6, 6.07) is 2.79. The Kier molecular flexibility index (Phi) is 2.87. The molecule has 13 heavy (non-hydrogen) atoms. The van der Waals surface area contributed by atoms with Gasteiger partial charge in [0.05, 0.1) is 12.7 Å². The molecular weight excluding hydrogens is 239 g/mol. The molecule has 0 aliphatic heterocycles.